The third kappa shape index (κ3) is 3.13. The van der Waals surface area contributed by atoms with E-state index < -0.39 is 29.8 Å². The van der Waals surface area contributed by atoms with Crippen LogP contribution in [0.5, 0.6) is 0 Å². The predicted octanol–water partition coefficient (Wildman–Crippen LogP) is 1.53. The predicted molar refractivity (Wildman–Crippen MR) is 74.0 cm³/mol. The lowest BCUT2D eigenvalue weighted by Crippen LogP contribution is -2.54. The van der Waals surface area contributed by atoms with Crippen molar-refractivity contribution in [2.45, 2.75) is 44.0 Å². The van der Waals surface area contributed by atoms with E-state index in [1.807, 2.05) is 0 Å². The maximum Gasteiger partial charge on any atom is 0.418 e. The minimum atomic E-state index is -4.72. The number of nitrogens with one attached hydrogen (secondary N) is 1. The van der Waals surface area contributed by atoms with E-state index in [9.17, 15) is 23.4 Å². The normalized spacial score (nSPS) is 22.0. The van der Waals surface area contributed by atoms with Gasteiger partial charge in [-0.05, 0) is 19.8 Å². The zero-order valence-electron chi connectivity index (χ0n) is 12.7. The largest absolute Gasteiger partial charge is 0.418 e. The molecule has 22 heavy (non-hydrogen) atoms. The molecule has 1 aliphatic carbocycles. The summed E-state index contributed by atoms with van der Waals surface area (Å²) in [6, 6.07) is -0.478. The molecule has 2 rings (SSSR count). The molecule has 2 atom stereocenters. The highest BCUT2D eigenvalue weighted by Gasteiger charge is 2.51. The number of halogens is 3. The number of alkyl halides is 3. The van der Waals surface area contributed by atoms with Crippen LogP contribution in [0.1, 0.15) is 37.8 Å². The Morgan fingerprint density at radius 3 is 2.45 bits per heavy atom. The molecule has 1 aromatic heterocycles. The first-order valence-electron chi connectivity index (χ1n) is 7.23. The lowest BCUT2D eigenvalue weighted by atomic mass is 9.63. The van der Waals surface area contributed by atoms with Gasteiger partial charge < -0.3 is 15.5 Å². The van der Waals surface area contributed by atoms with E-state index in [0.717, 1.165) is 26.2 Å². The van der Waals surface area contributed by atoms with Gasteiger partial charge >= 0.3 is 6.18 Å². The van der Waals surface area contributed by atoms with Crippen LogP contribution in [-0.4, -0.2) is 44.9 Å². The Bertz CT molecular complexity index is 504. The molecule has 0 aliphatic heterocycles. The van der Waals surface area contributed by atoms with E-state index in [1.54, 1.807) is 24.1 Å². The summed E-state index contributed by atoms with van der Waals surface area (Å²) in [4.78, 5) is 0. The Morgan fingerprint density at radius 2 is 2.09 bits per heavy atom. The van der Waals surface area contributed by atoms with Gasteiger partial charge in [-0.3, -0.25) is 4.68 Å². The number of hydrogen-bond acceptors (Lipinski definition) is 4. The fraction of sp³-hybridized carbons (Fsp3) is 0.786. The van der Waals surface area contributed by atoms with Crippen LogP contribution in [-0.2, 0) is 7.05 Å². The van der Waals surface area contributed by atoms with Crippen LogP contribution in [0.15, 0.2) is 12.4 Å². The molecular weight excluding hydrogens is 299 g/mol. The molecule has 0 amide bonds. The number of nitrogens with zero attached hydrogens (tertiary/aromatic N) is 2. The zero-order valence-corrected chi connectivity index (χ0v) is 12.7. The highest BCUT2D eigenvalue weighted by Crippen LogP contribution is 2.50. The average molecular weight is 321 g/mol. The maximum atomic E-state index is 12.8. The molecule has 1 heterocycles. The summed E-state index contributed by atoms with van der Waals surface area (Å²) in [5, 5.41) is 26.2. The standard InChI is InChI=1S/C14H22F3N3O2/c1-12(22,14(15,16)17)8-18-11(10-6-19-20(2)7-10)13(9-21)4-3-5-13/h6-7,11,18,21-22H,3-5,8-9H2,1-2H3/t11-,12-/m1/s1. The van der Waals surface area contributed by atoms with Gasteiger partial charge in [0.05, 0.1) is 12.8 Å². The first-order valence-corrected chi connectivity index (χ1v) is 7.23. The molecule has 1 fully saturated rings. The van der Waals surface area contributed by atoms with Crippen molar-refractivity contribution in [1.82, 2.24) is 15.1 Å². The molecule has 126 valence electrons. The van der Waals surface area contributed by atoms with Crippen molar-refractivity contribution in [2.75, 3.05) is 13.2 Å². The van der Waals surface area contributed by atoms with Gasteiger partial charge in [0.2, 0.25) is 0 Å². The number of hydrogen-bond donors (Lipinski definition) is 3. The molecule has 0 unspecified atom stereocenters. The van der Waals surface area contributed by atoms with Gasteiger partial charge in [0.25, 0.3) is 0 Å². The second-order valence-corrected chi connectivity index (χ2v) is 6.41. The van der Waals surface area contributed by atoms with Crippen molar-refractivity contribution in [2.24, 2.45) is 12.5 Å². The van der Waals surface area contributed by atoms with Gasteiger partial charge in [-0.2, -0.15) is 18.3 Å². The molecular formula is C14H22F3N3O2. The van der Waals surface area contributed by atoms with Crippen LogP contribution in [0.2, 0.25) is 0 Å². The third-order valence-corrected chi connectivity index (χ3v) is 4.60. The number of rotatable bonds is 6. The highest BCUT2D eigenvalue weighted by molar-refractivity contribution is 5.17. The Morgan fingerprint density at radius 1 is 1.45 bits per heavy atom. The van der Waals surface area contributed by atoms with Crippen LogP contribution >= 0.6 is 0 Å². The molecule has 3 N–H and O–H groups in total. The number of aromatic nitrogens is 2. The Hall–Kier alpha value is -1.12. The molecule has 0 bridgehead atoms. The monoisotopic (exact) mass is 321 g/mol. The van der Waals surface area contributed by atoms with Crippen molar-refractivity contribution in [3.8, 4) is 0 Å². The first-order chi connectivity index (χ1) is 10.1. The molecule has 0 saturated heterocycles. The van der Waals surface area contributed by atoms with Crippen LogP contribution < -0.4 is 5.32 Å². The summed E-state index contributed by atoms with van der Waals surface area (Å²) in [5.41, 5.74) is -2.60. The highest BCUT2D eigenvalue weighted by atomic mass is 19.4. The molecule has 1 aliphatic rings. The Kier molecular flexibility index (Phi) is 4.56. The van der Waals surface area contributed by atoms with Crippen molar-refractivity contribution in [3.63, 3.8) is 0 Å². The maximum absolute atomic E-state index is 12.8. The molecule has 8 heteroatoms. The average Bonchev–Trinajstić information content (AvgIpc) is 2.77. The van der Waals surface area contributed by atoms with Crippen molar-refractivity contribution in [3.05, 3.63) is 18.0 Å². The topological polar surface area (TPSA) is 70.3 Å². The van der Waals surface area contributed by atoms with E-state index in [-0.39, 0.29) is 6.61 Å². The van der Waals surface area contributed by atoms with Gasteiger partial charge in [0, 0.05) is 36.8 Å². The minimum Gasteiger partial charge on any atom is -0.396 e. The SMILES string of the molecule is Cn1cc([C@@H](NC[C@@](C)(O)C(F)(F)F)C2(CO)CCC2)cn1. The summed E-state index contributed by atoms with van der Waals surface area (Å²) in [6.07, 6.45) is 0.958. The molecule has 1 aromatic rings. The van der Waals surface area contributed by atoms with E-state index in [1.165, 1.54) is 0 Å². The summed E-state index contributed by atoms with van der Waals surface area (Å²) < 4.78 is 40.0. The second kappa shape index (κ2) is 5.82. The van der Waals surface area contributed by atoms with Gasteiger partial charge in [-0.15, -0.1) is 0 Å². The molecule has 0 radical (unpaired) electrons. The van der Waals surface area contributed by atoms with E-state index >= 15 is 0 Å². The summed E-state index contributed by atoms with van der Waals surface area (Å²) in [6.45, 7) is -0.0156. The van der Waals surface area contributed by atoms with E-state index in [4.69, 9.17) is 0 Å². The summed E-state index contributed by atoms with van der Waals surface area (Å²) >= 11 is 0. The lowest BCUT2D eigenvalue weighted by Gasteiger charge is -2.47. The van der Waals surface area contributed by atoms with Crippen LogP contribution in [0.25, 0.3) is 0 Å². The minimum absolute atomic E-state index is 0.117. The molecule has 0 aromatic carbocycles. The van der Waals surface area contributed by atoms with Gasteiger partial charge in [-0.1, -0.05) is 6.42 Å². The fourth-order valence-electron chi connectivity index (χ4n) is 2.85. The summed E-state index contributed by atoms with van der Waals surface area (Å²) in [5.74, 6) is 0. The smallest absolute Gasteiger partial charge is 0.396 e. The zero-order chi connectivity index (χ0) is 16.6. The fourth-order valence-corrected chi connectivity index (χ4v) is 2.85. The van der Waals surface area contributed by atoms with Crippen LogP contribution in [0.3, 0.4) is 0 Å². The molecule has 1 saturated carbocycles. The number of aliphatic hydroxyl groups excluding tert-OH is 1. The summed E-state index contributed by atoms with van der Waals surface area (Å²) in [7, 11) is 1.72. The third-order valence-electron chi connectivity index (χ3n) is 4.60. The van der Waals surface area contributed by atoms with Crippen LogP contribution in [0.4, 0.5) is 13.2 Å². The Labute approximate surface area is 127 Å². The van der Waals surface area contributed by atoms with Crippen LogP contribution in [0, 0.1) is 5.41 Å². The number of aryl methyl sites for hydroxylation is 1. The van der Waals surface area contributed by atoms with Crippen molar-refractivity contribution < 1.29 is 23.4 Å². The van der Waals surface area contributed by atoms with Crippen molar-refractivity contribution in [1.29, 1.82) is 0 Å². The van der Waals surface area contributed by atoms with Gasteiger partial charge in [0.1, 0.15) is 0 Å². The Balaban J connectivity index is 2.19. The van der Waals surface area contributed by atoms with Gasteiger partial charge in [0.15, 0.2) is 5.60 Å². The number of aliphatic hydroxyl groups is 2. The molecule has 5 nitrogen and oxygen atoms in total. The van der Waals surface area contributed by atoms with Crippen molar-refractivity contribution >= 4 is 0 Å². The molecule has 0 spiro atoms. The van der Waals surface area contributed by atoms with E-state index in [2.05, 4.69) is 10.4 Å². The quantitative estimate of drug-likeness (QED) is 0.743. The van der Waals surface area contributed by atoms with Gasteiger partial charge in [-0.25, -0.2) is 0 Å². The van der Waals surface area contributed by atoms with E-state index in [0.29, 0.717) is 5.56 Å². The lowest BCUT2D eigenvalue weighted by molar-refractivity contribution is -0.251. The second-order valence-electron chi connectivity index (χ2n) is 6.41. The first kappa shape index (κ1) is 17.2.